The lowest BCUT2D eigenvalue weighted by Crippen LogP contribution is -2.07. The molecule has 0 aromatic heterocycles. The van der Waals surface area contributed by atoms with E-state index in [0.29, 0.717) is 0 Å². The summed E-state index contributed by atoms with van der Waals surface area (Å²) in [6.07, 6.45) is 0.856. The van der Waals surface area contributed by atoms with Crippen LogP contribution in [0.15, 0.2) is 4.40 Å². The highest BCUT2D eigenvalue weighted by atomic mass is 32.2. The van der Waals surface area contributed by atoms with Crippen LogP contribution in [0.25, 0.3) is 0 Å². The van der Waals surface area contributed by atoms with Gasteiger partial charge in [0.2, 0.25) is 0 Å². The first-order chi connectivity index (χ1) is 5.12. The maximum atomic E-state index is 10.4. The molecular weight excluding hydrogens is 174 g/mol. The maximum absolute atomic E-state index is 10.4. The highest BCUT2D eigenvalue weighted by Gasteiger charge is 2.06. The van der Waals surface area contributed by atoms with Gasteiger partial charge >= 0.3 is 10.3 Å². The molecule has 0 aromatic carbocycles. The highest BCUT2D eigenvalue weighted by Crippen LogP contribution is 1.91. The zero-order chi connectivity index (χ0) is 8.74. The van der Waals surface area contributed by atoms with Crippen LogP contribution in [-0.2, 0) is 24.0 Å². The van der Waals surface area contributed by atoms with Crippen molar-refractivity contribution in [3.05, 3.63) is 0 Å². The Bertz CT molecular complexity index is 239. The summed E-state index contributed by atoms with van der Waals surface area (Å²) < 4.78 is 31.8. The van der Waals surface area contributed by atoms with E-state index in [9.17, 15) is 13.2 Å². The van der Waals surface area contributed by atoms with Crippen molar-refractivity contribution in [1.29, 1.82) is 0 Å². The lowest BCUT2D eigenvalue weighted by Gasteiger charge is -1.96. The van der Waals surface area contributed by atoms with E-state index in [-0.39, 0.29) is 13.2 Å². The van der Waals surface area contributed by atoms with Crippen molar-refractivity contribution in [3.8, 4) is 0 Å². The van der Waals surface area contributed by atoms with Crippen LogP contribution in [0, 0.1) is 0 Å². The monoisotopic (exact) mass is 181 g/mol. The number of rotatable bonds is 5. The Labute approximate surface area is 64.1 Å². The first kappa shape index (κ1) is 10.2. The maximum Gasteiger partial charge on any atom is 0.391 e. The molecular formula is C4H7NO5S. The second kappa shape index (κ2) is 4.97. The van der Waals surface area contributed by atoms with E-state index in [1.54, 1.807) is 0 Å². The number of hydrogen-bond acceptors (Lipinski definition) is 5. The fourth-order valence-electron chi connectivity index (χ4n) is 0.295. The van der Waals surface area contributed by atoms with Crippen molar-refractivity contribution < 1.29 is 22.1 Å². The van der Waals surface area contributed by atoms with Crippen LogP contribution in [0.5, 0.6) is 0 Å². The number of nitrogens with zero attached hydrogens (tertiary/aromatic N) is 1. The number of isocyanates is 1. The predicted octanol–water partition coefficient (Wildman–Crippen LogP) is -0.770. The van der Waals surface area contributed by atoms with Crippen molar-refractivity contribution in [2.24, 2.45) is 4.40 Å². The second-order valence-electron chi connectivity index (χ2n) is 1.43. The molecule has 0 N–H and O–H groups in total. The summed E-state index contributed by atoms with van der Waals surface area (Å²) in [5.41, 5.74) is 0. The minimum absolute atomic E-state index is 0.119. The average molecular weight is 181 g/mol. The summed E-state index contributed by atoms with van der Waals surface area (Å²) in [6.45, 7) is -0.0440. The van der Waals surface area contributed by atoms with Crippen LogP contribution in [0.2, 0.25) is 0 Å². The van der Waals surface area contributed by atoms with Gasteiger partial charge in [-0.3, -0.25) is 0 Å². The summed E-state index contributed by atoms with van der Waals surface area (Å²) in [7, 11) is -2.69. The summed E-state index contributed by atoms with van der Waals surface area (Å²) in [5.74, 6) is 0. The molecule has 0 aliphatic rings. The van der Waals surface area contributed by atoms with Gasteiger partial charge in [-0.2, -0.15) is 8.42 Å². The summed E-state index contributed by atoms with van der Waals surface area (Å²) in [6, 6.07) is 0. The van der Waals surface area contributed by atoms with Crippen LogP contribution in [0.1, 0.15) is 0 Å². The quantitative estimate of drug-likeness (QED) is 0.316. The summed E-state index contributed by atoms with van der Waals surface area (Å²) in [4.78, 5) is 9.47. The van der Waals surface area contributed by atoms with E-state index in [0.717, 1.165) is 6.08 Å². The van der Waals surface area contributed by atoms with Crippen LogP contribution >= 0.6 is 0 Å². The zero-order valence-corrected chi connectivity index (χ0v) is 6.63. The smallest absolute Gasteiger partial charge is 0.382 e. The summed E-state index contributed by atoms with van der Waals surface area (Å²) >= 11 is 0. The van der Waals surface area contributed by atoms with E-state index in [1.807, 2.05) is 0 Å². The first-order valence-corrected chi connectivity index (χ1v) is 3.96. The number of carbonyl (C=O) groups excluding carboxylic acids is 1. The third-order valence-corrected chi connectivity index (χ3v) is 1.43. The minimum Gasteiger partial charge on any atom is -0.382 e. The van der Waals surface area contributed by atoms with E-state index in [4.69, 9.17) is 0 Å². The Morgan fingerprint density at radius 2 is 2.09 bits per heavy atom. The Morgan fingerprint density at radius 3 is 2.55 bits per heavy atom. The lowest BCUT2D eigenvalue weighted by atomic mass is 10.8. The molecule has 6 nitrogen and oxygen atoms in total. The van der Waals surface area contributed by atoms with Gasteiger partial charge in [0.25, 0.3) is 6.08 Å². The molecule has 0 heterocycles. The van der Waals surface area contributed by atoms with E-state index in [2.05, 4.69) is 13.3 Å². The molecule has 0 aliphatic heterocycles. The second-order valence-corrected chi connectivity index (χ2v) is 2.70. The van der Waals surface area contributed by atoms with Crippen LogP contribution in [-0.4, -0.2) is 34.8 Å². The molecule has 0 aromatic rings. The average Bonchev–Trinajstić information content (AvgIpc) is 1.87. The molecule has 0 saturated carbocycles. The third-order valence-electron chi connectivity index (χ3n) is 0.669. The Kier molecular flexibility index (Phi) is 4.64. The largest absolute Gasteiger partial charge is 0.391 e. The first-order valence-electron chi connectivity index (χ1n) is 2.60. The number of methoxy groups -OCH3 is 1. The van der Waals surface area contributed by atoms with Crippen molar-refractivity contribution in [3.63, 3.8) is 0 Å². The third kappa shape index (κ3) is 5.68. The fraction of sp³-hybridized carbons (Fsp3) is 0.750. The highest BCUT2D eigenvalue weighted by molar-refractivity contribution is 7.85. The van der Waals surface area contributed by atoms with E-state index >= 15 is 0 Å². The molecule has 0 radical (unpaired) electrons. The Balaban J connectivity index is 3.84. The molecule has 0 rings (SSSR count). The van der Waals surface area contributed by atoms with Crippen molar-refractivity contribution in [2.75, 3.05) is 20.3 Å². The van der Waals surface area contributed by atoms with Crippen LogP contribution in [0.3, 0.4) is 0 Å². The van der Waals surface area contributed by atoms with Gasteiger partial charge in [-0.15, -0.1) is 0 Å². The van der Waals surface area contributed by atoms with Gasteiger partial charge < -0.3 is 4.74 Å². The molecule has 0 bridgehead atoms. The van der Waals surface area contributed by atoms with Gasteiger partial charge in [-0.05, 0) is 0 Å². The Morgan fingerprint density at radius 1 is 1.45 bits per heavy atom. The molecule has 0 saturated heterocycles. The molecule has 64 valence electrons. The van der Waals surface area contributed by atoms with Gasteiger partial charge in [0.15, 0.2) is 0 Å². The van der Waals surface area contributed by atoms with Gasteiger partial charge in [0.1, 0.15) is 0 Å². The van der Waals surface area contributed by atoms with Crippen molar-refractivity contribution in [1.82, 2.24) is 0 Å². The number of ether oxygens (including phenoxy) is 1. The van der Waals surface area contributed by atoms with Crippen molar-refractivity contribution >= 4 is 16.4 Å². The zero-order valence-electron chi connectivity index (χ0n) is 5.81. The van der Waals surface area contributed by atoms with E-state index in [1.165, 1.54) is 7.11 Å². The lowest BCUT2D eigenvalue weighted by molar-refractivity contribution is 0.149. The van der Waals surface area contributed by atoms with Crippen LogP contribution < -0.4 is 0 Å². The number of hydrogen-bond donors (Lipinski definition) is 0. The fourth-order valence-corrected chi connectivity index (χ4v) is 0.717. The molecule has 11 heavy (non-hydrogen) atoms. The van der Waals surface area contributed by atoms with E-state index < -0.39 is 10.3 Å². The standard InChI is InChI=1S/C4H7NO5S/c1-9-2-3-10-11(7,8)5-4-6/h2-3H2,1H3. The van der Waals surface area contributed by atoms with Crippen LogP contribution in [0.4, 0.5) is 0 Å². The molecule has 0 amide bonds. The molecule has 7 heteroatoms. The van der Waals surface area contributed by atoms with Gasteiger partial charge in [0.05, 0.1) is 13.2 Å². The topological polar surface area (TPSA) is 82.0 Å². The molecule has 0 unspecified atom stereocenters. The minimum atomic E-state index is -4.08. The summed E-state index contributed by atoms with van der Waals surface area (Å²) in [5, 5.41) is 0. The van der Waals surface area contributed by atoms with Gasteiger partial charge in [-0.1, -0.05) is 4.40 Å². The Hall–Kier alpha value is -0.750. The SMILES string of the molecule is COCCOS(=O)(=O)N=C=O. The van der Waals surface area contributed by atoms with Gasteiger partial charge in [0, 0.05) is 7.11 Å². The normalized spacial score (nSPS) is 10.6. The van der Waals surface area contributed by atoms with Gasteiger partial charge in [-0.25, -0.2) is 8.98 Å². The molecule has 0 atom stereocenters. The predicted molar refractivity (Wildman–Crippen MR) is 34.9 cm³/mol. The molecule has 0 spiro atoms. The molecule has 0 fully saturated rings. The molecule has 0 aliphatic carbocycles. The van der Waals surface area contributed by atoms with Crippen molar-refractivity contribution in [2.45, 2.75) is 0 Å².